The molecule has 2 N–H and O–H groups in total. The zero-order valence-electron chi connectivity index (χ0n) is 12.7. The Morgan fingerprint density at radius 3 is 2.76 bits per heavy atom. The van der Waals surface area contributed by atoms with Crippen LogP contribution in [0.2, 0.25) is 5.02 Å². The molecule has 1 aromatic rings. The lowest BCUT2D eigenvalue weighted by Gasteiger charge is -2.23. The van der Waals surface area contributed by atoms with Gasteiger partial charge in [-0.25, -0.2) is 4.68 Å². The van der Waals surface area contributed by atoms with E-state index in [1.54, 1.807) is 28.0 Å². The van der Waals surface area contributed by atoms with Crippen LogP contribution in [0, 0.1) is 5.41 Å². The summed E-state index contributed by atoms with van der Waals surface area (Å²) in [6, 6.07) is 0. The van der Waals surface area contributed by atoms with Gasteiger partial charge in [-0.15, -0.1) is 0 Å². The van der Waals surface area contributed by atoms with Gasteiger partial charge >= 0.3 is 0 Å². The van der Waals surface area contributed by atoms with Gasteiger partial charge in [-0.1, -0.05) is 11.6 Å². The minimum Gasteiger partial charge on any atom is -0.383 e. The number of nitrogens with one attached hydrogen (secondary N) is 2. The first-order valence-electron chi connectivity index (χ1n) is 6.54. The van der Waals surface area contributed by atoms with Crippen LogP contribution < -0.4 is 16.2 Å². The number of hydrogen-bond acceptors (Lipinski definition) is 5. The van der Waals surface area contributed by atoms with Crippen molar-refractivity contribution in [2.45, 2.75) is 20.4 Å². The maximum atomic E-state index is 12.0. The number of nitrogens with zero attached hydrogens (tertiary/aromatic N) is 2. The average Bonchev–Trinajstić information content (AvgIpc) is 2.46. The number of halogens is 1. The fraction of sp³-hybridized carbons (Fsp3) is 0.615. The largest absolute Gasteiger partial charge is 0.383 e. The van der Waals surface area contributed by atoms with Gasteiger partial charge in [0.05, 0.1) is 30.5 Å². The van der Waals surface area contributed by atoms with Crippen molar-refractivity contribution in [1.82, 2.24) is 15.1 Å². The van der Waals surface area contributed by atoms with Gasteiger partial charge < -0.3 is 15.4 Å². The van der Waals surface area contributed by atoms with E-state index in [1.165, 1.54) is 10.9 Å². The number of hydrogen-bond donors (Lipinski definition) is 2. The normalized spacial score (nSPS) is 11.3. The molecule has 0 atom stereocenters. The number of carbonyl (C=O) groups excluding carboxylic acids is 1. The second-order valence-corrected chi connectivity index (χ2v) is 5.59. The van der Waals surface area contributed by atoms with Crippen LogP contribution in [0.1, 0.15) is 13.8 Å². The van der Waals surface area contributed by atoms with E-state index in [0.29, 0.717) is 25.4 Å². The first kappa shape index (κ1) is 17.5. The molecule has 0 saturated heterocycles. The van der Waals surface area contributed by atoms with Gasteiger partial charge in [-0.3, -0.25) is 9.59 Å². The average molecular weight is 317 g/mol. The maximum absolute atomic E-state index is 12.0. The molecule has 0 spiro atoms. The highest BCUT2D eigenvalue weighted by atomic mass is 35.5. The minimum absolute atomic E-state index is 0.0498. The first-order chi connectivity index (χ1) is 9.83. The molecular weight excluding hydrogens is 296 g/mol. The fourth-order valence-electron chi connectivity index (χ4n) is 1.66. The molecule has 8 heteroatoms. The van der Waals surface area contributed by atoms with E-state index in [-0.39, 0.29) is 10.9 Å². The van der Waals surface area contributed by atoms with Crippen molar-refractivity contribution in [3.8, 4) is 0 Å². The van der Waals surface area contributed by atoms with E-state index >= 15 is 0 Å². The summed E-state index contributed by atoms with van der Waals surface area (Å²) in [5.74, 6) is -0.104. The Labute approximate surface area is 128 Å². The zero-order chi connectivity index (χ0) is 16.0. The topological polar surface area (TPSA) is 85.2 Å². The van der Waals surface area contributed by atoms with Gasteiger partial charge in [0, 0.05) is 20.7 Å². The summed E-state index contributed by atoms with van der Waals surface area (Å²) in [4.78, 5) is 23.7. The highest BCUT2D eigenvalue weighted by molar-refractivity contribution is 6.32. The predicted molar refractivity (Wildman–Crippen MR) is 81.7 cm³/mol. The van der Waals surface area contributed by atoms with Crippen LogP contribution in [0.5, 0.6) is 0 Å². The molecule has 7 nitrogen and oxygen atoms in total. The van der Waals surface area contributed by atoms with Crippen molar-refractivity contribution >= 4 is 23.2 Å². The lowest BCUT2D eigenvalue weighted by atomic mass is 9.92. The molecule has 1 heterocycles. The molecule has 0 radical (unpaired) electrons. The second-order valence-electron chi connectivity index (χ2n) is 5.21. The number of ether oxygens (including phenoxy) is 1. The van der Waals surface area contributed by atoms with E-state index < -0.39 is 11.0 Å². The van der Waals surface area contributed by atoms with Crippen LogP contribution in [0.25, 0.3) is 0 Å². The van der Waals surface area contributed by atoms with Gasteiger partial charge in [0.15, 0.2) is 0 Å². The highest BCUT2D eigenvalue weighted by Crippen LogP contribution is 2.20. The van der Waals surface area contributed by atoms with Crippen molar-refractivity contribution in [3.05, 3.63) is 21.6 Å². The maximum Gasteiger partial charge on any atom is 0.287 e. The van der Waals surface area contributed by atoms with Crippen LogP contribution in [0.3, 0.4) is 0 Å². The summed E-state index contributed by atoms with van der Waals surface area (Å²) in [5.41, 5.74) is -0.619. The Morgan fingerprint density at radius 1 is 1.52 bits per heavy atom. The summed E-state index contributed by atoms with van der Waals surface area (Å²) in [7, 11) is 3.12. The SMILES string of the molecule is CNC(=O)C(C)(C)CNc1cnn(CCOC)c(=O)c1Cl. The molecule has 0 fully saturated rings. The molecule has 0 unspecified atom stereocenters. The molecule has 0 aliphatic rings. The van der Waals surface area contributed by atoms with Gasteiger partial charge in [-0.05, 0) is 13.8 Å². The third-order valence-electron chi connectivity index (χ3n) is 3.05. The molecule has 118 valence electrons. The quantitative estimate of drug-likeness (QED) is 0.774. The van der Waals surface area contributed by atoms with E-state index in [2.05, 4.69) is 15.7 Å². The highest BCUT2D eigenvalue weighted by Gasteiger charge is 2.26. The molecule has 1 amide bonds. The smallest absolute Gasteiger partial charge is 0.287 e. The molecule has 0 saturated carbocycles. The summed E-state index contributed by atoms with van der Waals surface area (Å²) in [5, 5.41) is 9.65. The minimum atomic E-state index is -0.636. The molecule has 0 aliphatic heterocycles. The Bertz CT molecular complexity index is 557. The van der Waals surface area contributed by atoms with Crippen molar-refractivity contribution < 1.29 is 9.53 Å². The number of amides is 1. The summed E-state index contributed by atoms with van der Waals surface area (Å²) in [6.45, 7) is 4.62. The first-order valence-corrected chi connectivity index (χ1v) is 6.92. The Hall–Kier alpha value is -1.60. The van der Waals surface area contributed by atoms with Crippen molar-refractivity contribution in [2.75, 3.05) is 32.6 Å². The van der Waals surface area contributed by atoms with Crippen LogP contribution in [0.4, 0.5) is 5.69 Å². The molecule has 1 rings (SSSR count). The predicted octanol–water partition coefficient (Wildman–Crippen LogP) is 0.727. The van der Waals surface area contributed by atoms with Crippen molar-refractivity contribution in [2.24, 2.45) is 5.41 Å². The fourth-order valence-corrected chi connectivity index (χ4v) is 1.87. The lowest BCUT2D eigenvalue weighted by Crippen LogP contribution is -2.39. The summed E-state index contributed by atoms with van der Waals surface area (Å²) in [6.07, 6.45) is 1.47. The van der Waals surface area contributed by atoms with E-state index in [0.717, 1.165) is 0 Å². The van der Waals surface area contributed by atoms with Gasteiger partial charge in [0.1, 0.15) is 5.02 Å². The third-order valence-corrected chi connectivity index (χ3v) is 3.42. The molecule has 0 aliphatic carbocycles. The van der Waals surface area contributed by atoms with Crippen LogP contribution in [-0.4, -0.2) is 43.0 Å². The molecule has 1 aromatic heterocycles. The van der Waals surface area contributed by atoms with Gasteiger partial charge in [0.2, 0.25) is 5.91 Å². The Kier molecular flexibility index (Phi) is 6.17. The summed E-state index contributed by atoms with van der Waals surface area (Å²) < 4.78 is 6.14. The van der Waals surface area contributed by atoms with E-state index in [9.17, 15) is 9.59 Å². The summed E-state index contributed by atoms with van der Waals surface area (Å²) >= 11 is 6.04. The van der Waals surface area contributed by atoms with Gasteiger partial charge in [0.25, 0.3) is 5.56 Å². The van der Waals surface area contributed by atoms with E-state index in [1.807, 2.05) is 0 Å². The number of aromatic nitrogens is 2. The third kappa shape index (κ3) is 4.44. The molecule has 0 aromatic carbocycles. The number of carbonyl (C=O) groups is 1. The van der Waals surface area contributed by atoms with Crippen LogP contribution in [-0.2, 0) is 16.1 Å². The standard InChI is InChI=1S/C13H21ClN4O3/c1-13(2,12(20)15-3)8-16-9-7-17-18(5-6-21-4)11(19)10(9)14/h7,16H,5-6,8H2,1-4H3,(H,15,20). The van der Waals surface area contributed by atoms with Crippen LogP contribution >= 0.6 is 11.6 Å². The van der Waals surface area contributed by atoms with E-state index in [4.69, 9.17) is 16.3 Å². The van der Waals surface area contributed by atoms with Gasteiger partial charge in [-0.2, -0.15) is 5.10 Å². The molecule has 21 heavy (non-hydrogen) atoms. The molecular formula is C13H21ClN4O3. The molecule has 0 bridgehead atoms. The Morgan fingerprint density at radius 2 is 2.19 bits per heavy atom. The second kappa shape index (κ2) is 7.42. The van der Waals surface area contributed by atoms with Crippen molar-refractivity contribution in [1.29, 1.82) is 0 Å². The number of rotatable bonds is 7. The number of anilines is 1. The van der Waals surface area contributed by atoms with Crippen molar-refractivity contribution in [3.63, 3.8) is 0 Å². The van der Waals surface area contributed by atoms with Crippen LogP contribution in [0.15, 0.2) is 11.0 Å². The lowest BCUT2D eigenvalue weighted by molar-refractivity contribution is -0.128. The number of methoxy groups -OCH3 is 1. The Balaban J connectivity index is 2.84. The monoisotopic (exact) mass is 316 g/mol. The zero-order valence-corrected chi connectivity index (χ0v) is 13.5.